The average Bonchev–Trinajstić information content (AvgIpc) is 2.80. The Kier molecular flexibility index (Phi) is 5.39. The van der Waals surface area contributed by atoms with E-state index in [9.17, 15) is 4.79 Å². The zero-order chi connectivity index (χ0) is 16.1. The number of rotatable bonds is 4. The Morgan fingerprint density at radius 1 is 1.22 bits per heavy atom. The Bertz CT molecular complexity index is 547. The fourth-order valence-corrected chi connectivity index (χ4v) is 3.36. The van der Waals surface area contributed by atoms with Gasteiger partial charge in [0.25, 0.3) is 0 Å². The molecule has 0 aromatic heterocycles. The van der Waals surface area contributed by atoms with E-state index in [1.54, 1.807) is 0 Å². The summed E-state index contributed by atoms with van der Waals surface area (Å²) >= 11 is 0. The number of ether oxygens (including phenoxy) is 2. The molecule has 1 aromatic carbocycles. The Hall–Kier alpha value is -1.75. The van der Waals surface area contributed by atoms with Crippen molar-refractivity contribution in [3.63, 3.8) is 0 Å². The molecule has 2 aliphatic rings. The Morgan fingerprint density at radius 3 is 2.87 bits per heavy atom. The number of piperidine rings is 1. The summed E-state index contributed by atoms with van der Waals surface area (Å²) < 4.78 is 11.3. The van der Waals surface area contributed by atoms with Crippen LogP contribution >= 0.6 is 0 Å². The molecule has 1 aromatic rings. The lowest BCUT2D eigenvalue weighted by molar-refractivity contribution is -0.118. The molecule has 5 heteroatoms. The predicted molar refractivity (Wildman–Crippen MR) is 90.2 cm³/mol. The maximum atomic E-state index is 12.4. The smallest absolute Gasteiger partial charge is 0.238 e. The number of carbonyl (C=O) groups excluding carboxylic acids is 1. The summed E-state index contributed by atoms with van der Waals surface area (Å²) in [4.78, 5) is 14.7. The fraction of sp³-hybridized carbons (Fsp3) is 0.611. The van der Waals surface area contributed by atoms with Gasteiger partial charge in [0.05, 0.1) is 19.8 Å². The number of anilines is 1. The van der Waals surface area contributed by atoms with Gasteiger partial charge in [-0.2, -0.15) is 0 Å². The zero-order valence-corrected chi connectivity index (χ0v) is 13.8. The quantitative estimate of drug-likeness (QED) is 0.927. The first-order valence-corrected chi connectivity index (χ1v) is 8.70. The van der Waals surface area contributed by atoms with Gasteiger partial charge in [-0.1, -0.05) is 13.3 Å². The minimum atomic E-state index is 0.0415. The topological polar surface area (TPSA) is 50.8 Å². The van der Waals surface area contributed by atoms with Crippen LogP contribution in [-0.2, 0) is 4.79 Å². The van der Waals surface area contributed by atoms with Gasteiger partial charge < -0.3 is 14.8 Å². The molecule has 0 bridgehead atoms. The van der Waals surface area contributed by atoms with Crippen LogP contribution in [0.1, 0.15) is 39.0 Å². The van der Waals surface area contributed by atoms with Crippen LogP contribution in [0.15, 0.2) is 18.2 Å². The molecule has 1 N–H and O–H groups in total. The van der Waals surface area contributed by atoms with E-state index in [2.05, 4.69) is 17.1 Å². The van der Waals surface area contributed by atoms with Crippen LogP contribution in [-0.4, -0.2) is 43.2 Å². The third-order valence-corrected chi connectivity index (χ3v) is 4.60. The molecular formula is C18H26N2O3. The second-order valence-electron chi connectivity index (χ2n) is 6.29. The molecule has 0 spiro atoms. The highest BCUT2D eigenvalue weighted by Gasteiger charge is 2.22. The summed E-state index contributed by atoms with van der Waals surface area (Å²) in [6, 6.07) is 6.13. The highest BCUT2D eigenvalue weighted by Crippen LogP contribution is 2.32. The highest BCUT2D eigenvalue weighted by atomic mass is 16.5. The van der Waals surface area contributed by atoms with Crippen molar-refractivity contribution in [2.24, 2.45) is 0 Å². The zero-order valence-electron chi connectivity index (χ0n) is 13.8. The Labute approximate surface area is 137 Å². The van der Waals surface area contributed by atoms with Crippen molar-refractivity contribution < 1.29 is 14.3 Å². The van der Waals surface area contributed by atoms with E-state index < -0.39 is 0 Å². The lowest BCUT2D eigenvalue weighted by Crippen LogP contribution is -2.43. The number of fused-ring (bicyclic) bond motifs is 1. The molecule has 1 saturated heterocycles. The van der Waals surface area contributed by atoms with Gasteiger partial charge in [-0.15, -0.1) is 0 Å². The first-order valence-electron chi connectivity index (χ1n) is 8.70. The lowest BCUT2D eigenvalue weighted by Gasteiger charge is -2.34. The number of amides is 1. The highest BCUT2D eigenvalue weighted by molar-refractivity contribution is 5.92. The molecule has 1 amide bonds. The van der Waals surface area contributed by atoms with Crippen LogP contribution < -0.4 is 14.8 Å². The maximum absolute atomic E-state index is 12.4. The molecule has 0 aliphatic carbocycles. The molecular weight excluding hydrogens is 292 g/mol. The Balaban J connectivity index is 1.60. The second kappa shape index (κ2) is 7.68. The molecule has 1 atom stereocenters. The normalized spacial score (nSPS) is 21.5. The largest absolute Gasteiger partial charge is 0.490 e. The van der Waals surface area contributed by atoms with E-state index in [-0.39, 0.29) is 5.91 Å². The van der Waals surface area contributed by atoms with Crippen LogP contribution in [0.25, 0.3) is 0 Å². The third-order valence-electron chi connectivity index (χ3n) is 4.60. The van der Waals surface area contributed by atoms with Gasteiger partial charge in [-0.05, 0) is 37.9 Å². The SMILES string of the molecule is CCC1CCCCN1CC(=O)Nc1ccc2c(c1)OCCCO2. The number of benzene rings is 1. The van der Waals surface area contributed by atoms with Gasteiger partial charge in [0, 0.05) is 24.2 Å². The summed E-state index contributed by atoms with van der Waals surface area (Å²) in [5, 5.41) is 2.99. The molecule has 0 radical (unpaired) electrons. The molecule has 1 fully saturated rings. The molecule has 5 nitrogen and oxygen atoms in total. The molecule has 2 heterocycles. The molecule has 126 valence electrons. The summed E-state index contributed by atoms with van der Waals surface area (Å²) in [6.07, 6.45) is 5.65. The number of nitrogens with zero attached hydrogens (tertiary/aromatic N) is 1. The number of hydrogen-bond acceptors (Lipinski definition) is 4. The van der Waals surface area contributed by atoms with E-state index in [0.29, 0.717) is 31.5 Å². The van der Waals surface area contributed by atoms with Gasteiger partial charge in [0.2, 0.25) is 5.91 Å². The van der Waals surface area contributed by atoms with E-state index in [1.807, 2.05) is 18.2 Å². The van der Waals surface area contributed by atoms with Crippen molar-refractivity contribution in [1.29, 1.82) is 0 Å². The molecule has 23 heavy (non-hydrogen) atoms. The monoisotopic (exact) mass is 318 g/mol. The van der Waals surface area contributed by atoms with Gasteiger partial charge in [-0.25, -0.2) is 0 Å². The van der Waals surface area contributed by atoms with Crippen LogP contribution in [0.5, 0.6) is 11.5 Å². The molecule has 2 aliphatic heterocycles. The Morgan fingerprint density at radius 2 is 2.04 bits per heavy atom. The van der Waals surface area contributed by atoms with Crippen molar-refractivity contribution in [2.45, 2.75) is 45.1 Å². The van der Waals surface area contributed by atoms with Crippen molar-refractivity contribution in [2.75, 3.05) is 31.6 Å². The standard InChI is InChI=1S/C18H26N2O3/c1-2-15-6-3-4-9-20(15)13-18(21)19-14-7-8-16-17(12-14)23-11-5-10-22-16/h7-8,12,15H,2-6,9-11,13H2,1H3,(H,19,21). The number of likely N-dealkylation sites (tertiary alicyclic amines) is 1. The summed E-state index contributed by atoms with van der Waals surface area (Å²) in [7, 11) is 0. The first kappa shape index (κ1) is 16.1. The van der Waals surface area contributed by atoms with Gasteiger partial charge in [0.1, 0.15) is 0 Å². The van der Waals surface area contributed by atoms with Crippen molar-refractivity contribution in [3.8, 4) is 11.5 Å². The van der Waals surface area contributed by atoms with Crippen molar-refractivity contribution in [3.05, 3.63) is 18.2 Å². The summed E-state index contributed by atoms with van der Waals surface area (Å²) in [5.41, 5.74) is 0.768. The van der Waals surface area contributed by atoms with Crippen LogP contribution in [0.2, 0.25) is 0 Å². The van der Waals surface area contributed by atoms with E-state index in [1.165, 1.54) is 19.3 Å². The summed E-state index contributed by atoms with van der Waals surface area (Å²) in [5.74, 6) is 1.51. The van der Waals surface area contributed by atoms with Gasteiger partial charge in [0.15, 0.2) is 11.5 Å². The van der Waals surface area contributed by atoms with E-state index in [0.717, 1.165) is 30.8 Å². The fourth-order valence-electron chi connectivity index (χ4n) is 3.36. The van der Waals surface area contributed by atoms with Crippen LogP contribution in [0.4, 0.5) is 5.69 Å². The van der Waals surface area contributed by atoms with Crippen molar-refractivity contribution in [1.82, 2.24) is 4.90 Å². The minimum absolute atomic E-state index is 0.0415. The van der Waals surface area contributed by atoms with E-state index >= 15 is 0 Å². The van der Waals surface area contributed by atoms with Gasteiger partial charge >= 0.3 is 0 Å². The number of hydrogen-bond donors (Lipinski definition) is 1. The molecule has 3 rings (SSSR count). The maximum Gasteiger partial charge on any atom is 0.238 e. The first-order chi connectivity index (χ1) is 11.3. The lowest BCUT2D eigenvalue weighted by atomic mass is 10.00. The van der Waals surface area contributed by atoms with E-state index in [4.69, 9.17) is 9.47 Å². The van der Waals surface area contributed by atoms with Crippen molar-refractivity contribution >= 4 is 11.6 Å². The minimum Gasteiger partial charge on any atom is -0.490 e. The number of nitrogens with one attached hydrogen (secondary N) is 1. The van der Waals surface area contributed by atoms with Gasteiger partial charge in [-0.3, -0.25) is 9.69 Å². The second-order valence-corrected chi connectivity index (χ2v) is 6.29. The average molecular weight is 318 g/mol. The van der Waals surface area contributed by atoms with Crippen LogP contribution in [0.3, 0.4) is 0 Å². The molecule has 1 unspecified atom stereocenters. The summed E-state index contributed by atoms with van der Waals surface area (Å²) in [6.45, 7) is 5.01. The molecule has 0 saturated carbocycles. The van der Waals surface area contributed by atoms with Crippen LogP contribution in [0, 0.1) is 0 Å². The number of carbonyl (C=O) groups is 1. The predicted octanol–water partition coefficient (Wildman–Crippen LogP) is 3.05. The third kappa shape index (κ3) is 4.16.